The zero-order valence-corrected chi connectivity index (χ0v) is 18.6. The highest BCUT2D eigenvalue weighted by molar-refractivity contribution is 14.0. The molecule has 0 aromatic heterocycles. The van der Waals surface area contributed by atoms with Crippen molar-refractivity contribution in [2.75, 3.05) is 26.2 Å². The average Bonchev–Trinajstić information content (AvgIpc) is 2.42. The van der Waals surface area contributed by atoms with E-state index in [0.717, 1.165) is 44.9 Å². The Kier molecular flexibility index (Phi) is 13.1. The molecule has 1 saturated heterocycles. The van der Waals surface area contributed by atoms with Crippen LogP contribution in [0, 0.1) is 5.92 Å². The van der Waals surface area contributed by atoms with Crippen LogP contribution >= 0.6 is 24.0 Å². The minimum absolute atomic E-state index is 0. The number of hydrogen-bond acceptors (Lipinski definition) is 3. The summed E-state index contributed by atoms with van der Waals surface area (Å²) < 4.78 is 5.75. The molecule has 0 amide bonds. The third-order valence-electron chi connectivity index (χ3n) is 4.22. The molecule has 3 N–H and O–H groups in total. The highest BCUT2D eigenvalue weighted by Gasteiger charge is 2.21. The Balaban J connectivity index is 0.00000529. The summed E-state index contributed by atoms with van der Waals surface area (Å²) in [6.45, 7) is 14.9. The van der Waals surface area contributed by atoms with Gasteiger partial charge < -0.3 is 15.8 Å². The Hall–Kier alpha value is -0.0800. The normalized spacial score (nSPS) is 23.8. The maximum atomic E-state index is 5.97. The molecular formula is C18H39IN4O. The van der Waals surface area contributed by atoms with E-state index in [0.29, 0.717) is 24.2 Å². The lowest BCUT2D eigenvalue weighted by Gasteiger charge is -2.35. The van der Waals surface area contributed by atoms with Crippen molar-refractivity contribution in [3.05, 3.63) is 0 Å². The van der Waals surface area contributed by atoms with Crippen LogP contribution in [-0.4, -0.2) is 55.3 Å². The van der Waals surface area contributed by atoms with Crippen LogP contribution in [0.2, 0.25) is 0 Å². The molecule has 0 bridgehead atoms. The lowest BCUT2D eigenvalue weighted by Crippen LogP contribution is -2.45. The van der Waals surface area contributed by atoms with Gasteiger partial charge in [-0.05, 0) is 39.5 Å². The molecule has 0 saturated carbocycles. The summed E-state index contributed by atoms with van der Waals surface area (Å²) in [6, 6.07) is 0.401. The number of ether oxygens (including phenoxy) is 1. The number of rotatable bonds is 9. The van der Waals surface area contributed by atoms with E-state index in [9.17, 15) is 0 Å². The fraction of sp³-hybridized carbons (Fsp3) is 0.944. The zero-order valence-electron chi connectivity index (χ0n) is 16.3. The minimum atomic E-state index is 0. The lowest BCUT2D eigenvalue weighted by atomic mass is 10.0. The maximum absolute atomic E-state index is 5.97. The summed E-state index contributed by atoms with van der Waals surface area (Å²) in [5.41, 5.74) is 5.97. The third kappa shape index (κ3) is 11.5. The van der Waals surface area contributed by atoms with Crippen molar-refractivity contribution in [1.29, 1.82) is 0 Å². The minimum Gasteiger partial charge on any atom is -0.373 e. The SMILES string of the molecule is CC(C)CCCC(C)NC(N)=NCCCN1CC(C)OC(C)C1.I. The molecule has 5 nitrogen and oxygen atoms in total. The van der Waals surface area contributed by atoms with Crippen LogP contribution in [0.15, 0.2) is 4.99 Å². The van der Waals surface area contributed by atoms with E-state index in [2.05, 4.69) is 49.8 Å². The Bertz CT molecular complexity index is 342. The molecule has 6 heteroatoms. The second-order valence-electron chi connectivity index (χ2n) is 7.51. The van der Waals surface area contributed by atoms with Crippen molar-refractivity contribution in [3.8, 4) is 0 Å². The van der Waals surface area contributed by atoms with Gasteiger partial charge in [0.05, 0.1) is 12.2 Å². The van der Waals surface area contributed by atoms with E-state index >= 15 is 0 Å². The quantitative estimate of drug-likeness (QED) is 0.243. The second-order valence-corrected chi connectivity index (χ2v) is 7.51. The highest BCUT2D eigenvalue weighted by atomic mass is 127. The molecule has 0 aliphatic carbocycles. The molecule has 0 aromatic carbocycles. The summed E-state index contributed by atoms with van der Waals surface area (Å²) in [5, 5.41) is 3.30. The van der Waals surface area contributed by atoms with Gasteiger partial charge in [0.1, 0.15) is 0 Å². The second kappa shape index (κ2) is 13.2. The van der Waals surface area contributed by atoms with Crippen molar-refractivity contribution in [3.63, 3.8) is 0 Å². The van der Waals surface area contributed by atoms with Gasteiger partial charge in [-0.25, -0.2) is 0 Å². The Morgan fingerprint density at radius 2 is 1.79 bits per heavy atom. The van der Waals surface area contributed by atoms with Gasteiger partial charge in [0, 0.05) is 32.2 Å². The van der Waals surface area contributed by atoms with Crippen molar-refractivity contribution in [2.45, 2.75) is 78.6 Å². The highest BCUT2D eigenvalue weighted by Crippen LogP contribution is 2.10. The summed E-state index contributed by atoms with van der Waals surface area (Å²) in [7, 11) is 0. The van der Waals surface area contributed by atoms with E-state index in [4.69, 9.17) is 10.5 Å². The smallest absolute Gasteiger partial charge is 0.188 e. The molecular weight excluding hydrogens is 415 g/mol. The van der Waals surface area contributed by atoms with Gasteiger partial charge >= 0.3 is 0 Å². The van der Waals surface area contributed by atoms with Crippen LogP contribution in [-0.2, 0) is 4.74 Å². The van der Waals surface area contributed by atoms with Gasteiger partial charge in [-0.15, -0.1) is 24.0 Å². The Morgan fingerprint density at radius 1 is 1.17 bits per heavy atom. The summed E-state index contributed by atoms with van der Waals surface area (Å²) in [6.07, 6.45) is 5.38. The monoisotopic (exact) mass is 454 g/mol. The predicted molar refractivity (Wildman–Crippen MR) is 114 cm³/mol. The topological polar surface area (TPSA) is 62.9 Å². The van der Waals surface area contributed by atoms with Crippen LogP contribution in [0.4, 0.5) is 0 Å². The van der Waals surface area contributed by atoms with Crippen molar-refractivity contribution in [1.82, 2.24) is 10.2 Å². The number of nitrogens with two attached hydrogens (primary N) is 1. The van der Waals surface area contributed by atoms with Crippen molar-refractivity contribution < 1.29 is 4.74 Å². The van der Waals surface area contributed by atoms with Crippen LogP contribution in [0.25, 0.3) is 0 Å². The molecule has 3 unspecified atom stereocenters. The van der Waals surface area contributed by atoms with E-state index in [1.54, 1.807) is 0 Å². The first-order chi connectivity index (χ1) is 10.9. The Morgan fingerprint density at radius 3 is 2.38 bits per heavy atom. The number of morpholine rings is 1. The van der Waals surface area contributed by atoms with E-state index in [-0.39, 0.29) is 24.0 Å². The van der Waals surface area contributed by atoms with Gasteiger partial charge in [-0.1, -0.05) is 26.7 Å². The number of hydrogen-bond donors (Lipinski definition) is 2. The fourth-order valence-electron chi connectivity index (χ4n) is 3.16. The fourth-order valence-corrected chi connectivity index (χ4v) is 3.16. The molecule has 0 radical (unpaired) electrons. The Labute approximate surface area is 166 Å². The van der Waals surface area contributed by atoms with Crippen molar-refractivity contribution in [2.24, 2.45) is 16.6 Å². The summed E-state index contributed by atoms with van der Waals surface area (Å²) in [5.74, 6) is 1.37. The molecule has 0 spiro atoms. The number of aliphatic imine (C=N–C) groups is 1. The lowest BCUT2D eigenvalue weighted by molar-refractivity contribution is -0.0679. The standard InChI is InChI=1S/C18H38N4O.HI/c1-14(2)8-6-9-15(3)21-18(19)20-10-7-11-22-12-16(4)23-17(5)13-22;/h14-17H,6-13H2,1-5H3,(H3,19,20,21);1H. The molecule has 0 aromatic rings. The van der Waals surface area contributed by atoms with Gasteiger partial charge in [0.15, 0.2) is 5.96 Å². The largest absolute Gasteiger partial charge is 0.373 e. The maximum Gasteiger partial charge on any atom is 0.188 e. The molecule has 1 aliphatic heterocycles. The van der Waals surface area contributed by atoms with Crippen LogP contribution in [0.1, 0.15) is 60.3 Å². The molecule has 1 aliphatic rings. The van der Waals surface area contributed by atoms with Crippen LogP contribution in [0.3, 0.4) is 0 Å². The summed E-state index contributed by atoms with van der Waals surface area (Å²) >= 11 is 0. The number of guanidine groups is 1. The van der Waals surface area contributed by atoms with Gasteiger partial charge in [-0.3, -0.25) is 9.89 Å². The van der Waals surface area contributed by atoms with E-state index in [1.807, 2.05) is 0 Å². The van der Waals surface area contributed by atoms with E-state index in [1.165, 1.54) is 12.8 Å². The third-order valence-corrected chi connectivity index (χ3v) is 4.22. The number of halogens is 1. The summed E-state index contributed by atoms with van der Waals surface area (Å²) in [4.78, 5) is 6.92. The predicted octanol–water partition coefficient (Wildman–Crippen LogP) is 3.22. The van der Waals surface area contributed by atoms with Gasteiger partial charge in [-0.2, -0.15) is 0 Å². The van der Waals surface area contributed by atoms with Gasteiger partial charge in [0.25, 0.3) is 0 Å². The molecule has 3 atom stereocenters. The van der Waals surface area contributed by atoms with E-state index < -0.39 is 0 Å². The first-order valence-corrected chi connectivity index (χ1v) is 9.31. The van der Waals surface area contributed by atoms with Crippen LogP contribution < -0.4 is 11.1 Å². The molecule has 1 fully saturated rings. The number of nitrogens with one attached hydrogen (secondary N) is 1. The molecule has 1 heterocycles. The zero-order chi connectivity index (χ0) is 17.2. The number of nitrogens with zero attached hydrogens (tertiary/aromatic N) is 2. The molecule has 1 rings (SSSR count). The molecule has 24 heavy (non-hydrogen) atoms. The van der Waals surface area contributed by atoms with Gasteiger partial charge in [0.2, 0.25) is 0 Å². The van der Waals surface area contributed by atoms with Crippen LogP contribution in [0.5, 0.6) is 0 Å². The first kappa shape index (κ1) is 23.9. The average molecular weight is 454 g/mol. The first-order valence-electron chi connectivity index (χ1n) is 9.31. The van der Waals surface area contributed by atoms with Crippen molar-refractivity contribution >= 4 is 29.9 Å². The molecule has 144 valence electrons.